The van der Waals surface area contributed by atoms with Crippen LogP contribution < -0.4 is 10.6 Å². The quantitative estimate of drug-likeness (QED) is 0.798. The molecule has 1 fully saturated rings. The number of benzene rings is 2. The fourth-order valence-electron chi connectivity index (χ4n) is 2.81. The lowest BCUT2D eigenvalue weighted by Gasteiger charge is -2.17. The summed E-state index contributed by atoms with van der Waals surface area (Å²) in [7, 11) is 0. The first-order chi connectivity index (χ1) is 9.81. The lowest BCUT2D eigenvalue weighted by atomic mass is 10.2. The summed E-state index contributed by atoms with van der Waals surface area (Å²) in [4.78, 5) is 0. The highest BCUT2D eigenvalue weighted by atomic mass is 16.3. The minimum atomic E-state index is -0.309. The average Bonchev–Trinajstić information content (AvgIpc) is 2.81. The topological polar surface area (TPSA) is 44.3 Å². The summed E-state index contributed by atoms with van der Waals surface area (Å²) < 4.78 is 0. The van der Waals surface area contributed by atoms with Gasteiger partial charge in [-0.15, -0.1) is 0 Å². The van der Waals surface area contributed by atoms with E-state index in [-0.39, 0.29) is 12.1 Å². The summed E-state index contributed by atoms with van der Waals surface area (Å²) in [5.74, 6) is 0. The highest BCUT2D eigenvalue weighted by Gasteiger charge is 2.32. The van der Waals surface area contributed by atoms with Gasteiger partial charge in [-0.05, 0) is 37.1 Å². The van der Waals surface area contributed by atoms with Crippen molar-refractivity contribution in [3.8, 4) is 0 Å². The SMILES string of the molecule is OC1CC(Nc2ccccc2)CC1Nc1ccccc1. The molecule has 1 saturated carbocycles. The van der Waals surface area contributed by atoms with E-state index in [4.69, 9.17) is 0 Å². The van der Waals surface area contributed by atoms with Crippen molar-refractivity contribution in [2.75, 3.05) is 10.6 Å². The molecule has 0 aromatic heterocycles. The second-order valence-corrected chi connectivity index (χ2v) is 5.36. The van der Waals surface area contributed by atoms with Crippen molar-refractivity contribution < 1.29 is 5.11 Å². The van der Waals surface area contributed by atoms with Crippen molar-refractivity contribution >= 4 is 11.4 Å². The van der Waals surface area contributed by atoms with Crippen LogP contribution in [0.2, 0.25) is 0 Å². The Balaban J connectivity index is 1.59. The molecule has 1 aliphatic carbocycles. The summed E-state index contributed by atoms with van der Waals surface area (Å²) in [5, 5.41) is 17.1. The molecular weight excluding hydrogens is 248 g/mol. The van der Waals surface area contributed by atoms with Gasteiger partial charge >= 0.3 is 0 Å². The van der Waals surface area contributed by atoms with Gasteiger partial charge in [0.15, 0.2) is 0 Å². The van der Waals surface area contributed by atoms with Crippen molar-refractivity contribution in [3.05, 3.63) is 60.7 Å². The number of anilines is 2. The van der Waals surface area contributed by atoms with Gasteiger partial charge in [-0.2, -0.15) is 0 Å². The molecule has 3 N–H and O–H groups in total. The molecule has 0 saturated heterocycles. The first-order valence-corrected chi connectivity index (χ1v) is 7.12. The van der Waals surface area contributed by atoms with Crippen molar-refractivity contribution in [1.82, 2.24) is 0 Å². The number of rotatable bonds is 4. The van der Waals surface area contributed by atoms with Gasteiger partial charge < -0.3 is 15.7 Å². The Morgan fingerprint density at radius 3 is 1.90 bits per heavy atom. The highest BCUT2D eigenvalue weighted by molar-refractivity contribution is 5.46. The zero-order valence-electron chi connectivity index (χ0n) is 11.4. The van der Waals surface area contributed by atoms with E-state index in [0.29, 0.717) is 6.04 Å². The molecule has 0 spiro atoms. The second kappa shape index (κ2) is 5.97. The average molecular weight is 268 g/mol. The van der Waals surface area contributed by atoms with Crippen molar-refractivity contribution in [2.45, 2.75) is 31.0 Å². The molecular formula is C17H20N2O. The van der Waals surface area contributed by atoms with Crippen LogP contribution in [-0.2, 0) is 0 Å². The van der Waals surface area contributed by atoms with Crippen LogP contribution in [0.3, 0.4) is 0 Å². The number of hydrogen-bond acceptors (Lipinski definition) is 3. The maximum atomic E-state index is 10.2. The summed E-state index contributed by atoms with van der Waals surface area (Å²) >= 11 is 0. The number of hydrogen-bond donors (Lipinski definition) is 3. The maximum absolute atomic E-state index is 10.2. The Morgan fingerprint density at radius 2 is 1.30 bits per heavy atom. The standard InChI is InChI=1S/C17H20N2O/c20-17-12-15(18-13-7-3-1-4-8-13)11-16(17)19-14-9-5-2-6-10-14/h1-10,15-20H,11-12H2. The first kappa shape index (κ1) is 13.0. The Labute approximate surface area is 119 Å². The third kappa shape index (κ3) is 3.11. The Hall–Kier alpha value is -2.00. The summed E-state index contributed by atoms with van der Waals surface area (Å²) in [6.45, 7) is 0. The predicted octanol–water partition coefficient (Wildman–Crippen LogP) is 3.10. The number of aliphatic hydroxyl groups excluding tert-OH is 1. The molecule has 3 nitrogen and oxygen atoms in total. The van der Waals surface area contributed by atoms with E-state index in [1.165, 1.54) is 0 Å². The monoisotopic (exact) mass is 268 g/mol. The molecule has 3 atom stereocenters. The van der Waals surface area contributed by atoms with E-state index in [1.54, 1.807) is 0 Å². The van der Waals surface area contributed by atoms with Gasteiger partial charge in [0.1, 0.15) is 0 Å². The molecule has 3 rings (SSSR count). The van der Waals surface area contributed by atoms with Gasteiger partial charge in [0.25, 0.3) is 0 Å². The fraction of sp³-hybridized carbons (Fsp3) is 0.294. The van der Waals surface area contributed by atoms with Gasteiger partial charge in [0.05, 0.1) is 12.1 Å². The minimum Gasteiger partial charge on any atom is -0.391 e. The van der Waals surface area contributed by atoms with Crippen molar-refractivity contribution in [2.24, 2.45) is 0 Å². The normalized spacial score (nSPS) is 25.4. The molecule has 3 heteroatoms. The van der Waals surface area contributed by atoms with Crippen molar-refractivity contribution in [1.29, 1.82) is 0 Å². The van der Waals surface area contributed by atoms with E-state index < -0.39 is 0 Å². The highest BCUT2D eigenvalue weighted by Crippen LogP contribution is 2.26. The van der Waals surface area contributed by atoms with E-state index in [1.807, 2.05) is 48.5 Å². The second-order valence-electron chi connectivity index (χ2n) is 5.36. The van der Waals surface area contributed by atoms with Gasteiger partial charge in [0.2, 0.25) is 0 Å². The molecule has 2 aromatic rings. The van der Waals surface area contributed by atoms with E-state index >= 15 is 0 Å². The van der Waals surface area contributed by atoms with Crippen LogP contribution in [0.5, 0.6) is 0 Å². The third-order valence-corrected chi connectivity index (χ3v) is 3.80. The molecule has 20 heavy (non-hydrogen) atoms. The van der Waals surface area contributed by atoms with Gasteiger partial charge in [-0.25, -0.2) is 0 Å². The third-order valence-electron chi connectivity index (χ3n) is 3.80. The zero-order chi connectivity index (χ0) is 13.8. The van der Waals surface area contributed by atoms with Crippen LogP contribution >= 0.6 is 0 Å². The minimum absolute atomic E-state index is 0.110. The zero-order valence-corrected chi connectivity index (χ0v) is 11.4. The first-order valence-electron chi connectivity index (χ1n) is 7.12. The van der Waals surface area contributed by atoms with Crippen LogP contribution in [0.4, 0.5) is 11.4 Å². The van der Waals surface area contributed by atoms with Gasteiger partial charge in [-0.1, -0.05) is 36.4 Å². The fourth-order valence-corrected chi connectivity index (χ4v) is 2.81. The number of aliphatic hydroxyl groups is 1. The molecule has 3 unspecified atom stereocenters. The molecule has 0 heterocycles. The molecule has 2 aromatic carbocycles. The summed E-state index contributed by atoms with van der Waals surface area (Å²) in [6, 6.07) is 20.7. The maximum Gasteiger partial charge on any atom is 0.0761 e. The summed E-state index contributed by atoms with van der Waals surface area (Å²) in [6.07, 6.45) is 1.39. The van der Waals surface area contributed by atoms with E-state index in [9.17, 15) is 5.11 Å². The van der Waals surface area contributed by atoms with Crippen LogP contribution in [0.15, 0.2) is 60.7 Å². The predicted molar refractivity (Wildman–Crippen MR) is 82.9 cm³/mol. The van der Waals surface area contributed by atoms with E-state index in [2.05, 4.69) is 22.8 Å². The van der Waals surface area contributed by atoms with Gasteiger partial charge in [0, 0.05) is 17.4 Å². The van der Waals surface area contributed by atoms with Gasteiger partial charge in [-0.3, -0.25) is 0 Å². The Bertz CT molecular complexity index is 529. The van der Waals surface area contributed by atoms with Crippen LogP contribution in [0, 0.1) is 0 Å². The molecule has 0 aliphatic heterocycles. The van der Waals surface area contributed by atoms with Crippen LogP contribution in [0.25, 0.3) is 0 Å². The number of nitrogens with one attached hydrogen (secondary N) is 2. The summed E-state index contributed by atoms with van der Waals surface area (Å²) in [5.41, 5.74) is 2.18. The molecule has 0 bridgehead atoms. The largest absolute Gasteiger partial charge is 0.391 e. The lowest BCUT2D eigenvalue weighted by Crippen LogP contribution is -2.27. The smallest absolute Gasteiger partial charge is 0.0761 e. The van der Waals surface area contributed by atoms with Crippen molar-refractivity contribution in [3.63, 3.8) is 0 Å². The molecule has 104 valence electrons. The van der Waals surface area contributed by atoms with Crippen LogP contribution in [0.1, 0.15) is 12.8 Å². The lowest BCUT2D eigenvalue weighted by molar-refractivity contribution is 0.171. The molecule has 1 aliphatic rings. The molecule has 0 radical (unpaired) electrons. The Kier molecular flexibility index (Phi) is 3.88. The Morgan fingerprint density at radius 1 is 0.750 bits per heavy atom. The van der Waals surface area contributed by atoms with E-state index in [0.717, 1.165) is 24.2 Å². The molecule has 0 amide bonds. The number of para-hydroxylation sites is 2. The van der Waals surface area contributed by atoms with Crippen LogP contribution in [-0.4, -0.2) is 23.3 Å².